The van der Waals surface area contributed by atoms with E-state index < -0.39 is 0 Å². The van der Waals surface area contributed by atoms with E-state index in [1.165, 1.54) is 44.1 Å². The maximum Gasteiger partial charge on any atom is 0.229 e. The number of rotatable bonds is 13. The van der Waals surface area contributed by atoms with Crippen LogP contribution in [0.1, 0.15) is 57.9 Å². The van der Waals surface area contributed by atoms with Crippen molar-refractivity contribution in [3.63, 3.8) is 0 Å². The number of piperazine rings is 1. The first-order chi connectivity index (χ1) is 18.5. The van der Waals surface area contributed by atoms with Crippen molar-refractivity contribution in [3.05, 3.63) is 60.3 Å². The molecule has 1 aromatic carbocycles. The normalized spacial score (nSPS) is 13.7. The van der Waals surface area contributed by atoms with Crippen molar-refractivity contribution >= 4 is 29.1 Å². The smallest absolute Gasteiger partial charge is 0.229 e. The van der Waals surface area contributed by atoms with Crippen molar-refractivity contribution in [1.82, 2.24) is 15.0 Å². The maximum atomic E-state index is 4.89. The molecule has 3 aromatic rings. The molecule has 1 aliphatic rings. The molecule has 1 N–H and O–H groups in total. The Bertz CT molecular complexity index is 1090. The van der Waals surface area contributed by atoms with Gasteiger partial charge in [-0.25, -0.2) is 4.98 Å². The fourth-order valence-corrected chi connectivity index (χ4v) is 4.85. The molecular weight excluding hydrogens is 470 g/mol. The fourth-order valence-electron chi connectivity index (χ4n) is 4.85. The van der Waals surface area contributed by atoms with E-state index >= 15 is 0 Å². The predicted octanol–water partition coefficient (Wildman–Crippen LogP) is 6.55. The fraction of sp³-hybridized carbons (Fsp3) is 0.516. The molecule has 0 saturated carbocycles. The van der Waals surface area contributed by atoms with Crippen molar-refractivity contribution in [2.45, 2.75) is 58.8 Å². The molecule has 0 spiro atoms. The summed E-state index contributed by atoms with van der Waals surface area (Å²) in [7, 11) is 4.04. The highest BCUT2D eigenvalue weighted by atomic mass is 15.3. The molecule has 0 amide bonds. The monoisotopic (exact) mass is 515 g/mol. The van der Waals surface area contributed by atoms with Crippen LogP contribution in [0.15, 0.2) is 54.7 Å². The van der Waals surface area contributed by atoms with Crippen molar-refractivity contribution in [1.29, 1.82) is 0 Å². The van der Waals surface area contributed by atoms with Crippen LogP contribution in [0.3, 0.4) is 0 Å². The average molecular weight is 516 g/mol. The van der Waals surface area contributed by atoms with Gasteiger partial charge >= 0.3 is 0 Å². The molecule has 0 aliphatic carbocycles. The second-order valence-electron chi connectivity index (χ2n) is 11.0. The van der Waals surface area contributed by atoms with Crippen molar-refractivity contribution in [2.75, 3.05) is 60.3 Å². The van der Waals surface area contributed by atoms with Crippen LogP contribution < -0.4 is 20.0 Å². The molecule has 2 aromatic heterocycles. The third-order valence-corrected chi connectivity index (χ3v) is 7.17. The Kier molecular flexibility index (Phi) is 10.2. The van der Waals surface area contributed by atoms with E-state index in [0.29, 0.717) is 0 Å². The predicted molar refractivity (Wildman–Crippen MR) is 161 cm³/mol. The first kappa shape index (κ1) is 27.7. The molecule has 0 bridgehead atoms. The molecule has 0 unspecified atom stereocenters. The van der Waals surface area contributed by atoms with E-state index in [9.17, 15) is 0 Å². The Morgan fingerprint density at radius 1 is 0.842 bits per heavy atom. The Labute approximate surface area is 229 Å². The van der Waals surface area contributed by atoms with Gasteiger partial charge in [0.05, 0.1) is 0 Å². The zero-order valence-electron chi connectivity index (χ0n) is 23.7. The summed E-state index contributed by atoms with van der Waals surface area (Å²) in [6.45, 7) is 8.15. The molecular formula is C31H45N7. The highest BCUT2D eigenvalue weighted by Crippen LogP contribution is 2.24. The summed E-state index contributed by atoms with van der Waals surface area (Å²) in [4.78, 5) is 20.9. The van der Waals surface area contributed by atoms with Crippen LogP contribution in [0.25, 0.3) is 0 Å². The Balaban J connectivity index is 1.31. The molecule has 1 fully saturated rings. The second-order valence-corrected chi connectivity index (χ2v) is 11.0. The van der Waals surface area contributed by atoms with Crippen LogP contribution in [-0.2, 0) is 6.42 Å². The number of anilines is 5. The zero-order valence-corrected chi connectivity index (χ0v) is 23.7. The molecule has 3 heterocycles. The van der Waals surface area contributed by atoms with Crippen molar-refractivity contribution < 1.29 is 0 Å². The number of nitrogens with zero attached hydrogens (tertiary/aromatic N) is 6. The first-order valence-corrected chi connectivity index (χ1v) is 14.3. The van der Waals surface area contributed by atoms with Crippen LogP contribution in [0, 0.1) is 5.92 Å². The lowest BCUT2D eigenvalue weighted by Gasteiger charge is -2.35. The van der Waals surface area contributed by atoms with Gasteiger partial charge in [-0.15, -0.1) is 0 Å². The van der Waals surface area contributed by atoms with Crippen LogP contribution in [0.5, 0.6) is 0 Å². The van der Waals surface area contributed by atoms with Gasteiger partial charge in [-0.05, 0) is 48.6 Å². The van der Waals surface area contributed by atoms with Gasteiger partial charge in [0.2, 0.25) is 5.95 Å². The van der Waals surface area contributed by atoms with Gasteiger partial charge in [-0.3, -0.25) is 0 Å². The van der Waals surface area contributed by atoms with Crippen LogP contribution in [0.4, 0.5) is 29.1 Å². The van der Waals surface area contributed by atoms with E-state index in [1.54, 1.807) is 0 Å². The topological polar surface area (TPSA) is 60.4 Å². The summed E-state index contributed by atoms with van der Waals surface area (Å²) in [6.07, 6.45) is 11.1. The molecule has 0 atom stereocenters. The van der Waals surface area contributed by atoms with E-state index in [2.05, 4.69) is 64.3 Å². The quantitative estimate of drug-likeness (QED) is 0.259. The summed E-state index contributed by atoms with van der Waals surface area (Å²) >= 11 is 0. The summed E-state index contributed by atoms with van der Waals surface area (Å²) in [5.74, 6) is 4.35. The Hall–Kier alpha value is -3.35. The highest BCUT2D eigenvalue weighted by Gasteiger charge is 2.21. The van der Waals surface area contributed by atoms with Crippen molar-refractivity contribution in [2.24, 2.45) is 5.92 Å². The summed E-state index contributed by atoms with van der Waals surface area (Å²) in [6, 6.07) is 16.9. The molecule has 0 radical (unpaired) electrons. The third kappa shape index (κ3) is 8.33. The Morgan fingerprint density at radius 3 is 2.24 bits per heavy atom. The van der Waals surface area contributed by atoms with Gasteiger partial charge < -0.3 is 20.0 Å². The number of hydrogen-bond acceptors (Lipinski definition) is 7. The number of unbranched alkanes of at least 4 members (excludes halogenated alkanes) is 4. The van der Waals surface area contributed by atoms with Gasteiger partial charge in [0.15, 0.2) is 0 Å². The minimum absolute atomic E-state index is 0.768. The van der Waals surface area contributed by atoms with E-state index in [1.807, 2.05) is 43.4 Å². The molecule has 4 rings (SSSR count). The van der Waals surface area contributed by atoms with Gasteiger partial charge in [0.1, 0.15) is 17.5 Å². The maximum absolute atomic E-state index is 4.89. The van der Waals surface area contributed by atoms with Gasteiger partial charge in [-0.2, -0.15) is 9.97 Å². The first-order valence-electron chi connectivity index (χ1n) is 14.3. The van der Waals surface area contributed by atoms with Crippen LogP contribution >= 0.6 is 0 Å². The van der Waals surface area contributed by atoms with E-state index in [-0.39, 0.29) is 0 Å². The number of nitrogens with one attached hydrogen (secondary N) is 1. The third-order valence-electron chi connectivity index (χ3n) is 7.17. The molecule has 1 saturated heterocycles. The van der Waals surface area contributed by atoms with Crippen LogP contribution in [-0.4, -0.2) is 55.2 Å². The highest BCUT2D eigenvalue weighted by molar-refractivity contribution is 5.62. The number of aromatic nitrogens is 3. The summed E-state index contributed by atoms with van der Waals surface area (Å²) < 4.78 is 0. The van der Waals surface area contributed by atoms with E-state index in [0.717, 1.165) is 67.6 Å². The standard InChI is InChI=1S/C31H45N7/c1-25(2)12-8-6-5-7-9-13-26-15-17-27(18-16-26)33-28-24-30(36(3)4)35-31(34-28)38-22-20-37(21-23-38)29-14-10-11-19-32-29/h10-11,14-19,24-25H,5-9,12-13,20-23H2,1-4H3,(H,33,34,35). The lowest BCUT2D eigenvalue weighted by Crippen LogP contribution is -2.47. The largest absolute Gasteiger partial charge is 0.363 e. The van der Waals surface area contributed by atoms with E-state index in [4.69, 9.17) is 9.97 Å². The van der Waals surface area contributed by atoms with Crippen LogP contribution in [0.2, 0.25) is 0 Å². The van der Waals surface area contributed by atoms with Gasteiger partial charge in [0, 0.05) is 58.2 Å². The minimum Gasteiger partial charge on any atom is -0.363 e. The van der Waals surface area contributed by atoms with Gasteiger partial charge in [-0.1, -0.05) is 64.2 Å². The summed E-state index contributed by atoms with van der Waals surface area (Å²) in [5, 5.41) is 3.52. The molecule has 204 valence electrons. The molecule has 7 heteroatoms. The Morgan fingerprint density at radius 2 is 1.55 bits per heavy atom. The van der Waals surface area contributed by atoms with Gasteiger partial charge in [0.25, 0.3) is 0 Å². The number of pyridine rings is 1. The molecule has 7 nitrogen and oxygen atoms in total. The zero-order chi connectivity index (χ0) is 26.7. The lowest BCUT2D eigenvalue weighted by atomic mass is 10.0. The lowest BCUT2D eigenvalue weighted by molar-refractivity contribution is 0.515. The second kappa shape index (κ2) is 14.0. The molecule has 38 heavy (non-hydrogen) atoms. The number of hydrogen-bond donors (Lipinski definition) is 1. The number of benzene rings is 1. The minimum atomic E-state index is 0.768. The molecule has 1 aliphatic heterocycles. The summed E-state index contributed by atoms with van der Waals surface area (Å²) in [5.41, 5.74) is 2.46. The van der Waals surface area contributed by atoms with Crippen molar-refractivity contribution in [3.8, 4) is 0 Å². The average Bonchev–Trinajstić information content (AvgIpc) is 2.93. The SMILES string of the molecule is CC(C)CCCCCCCc1ccc(Nc2cc(N(C)C)nc(N3CCN(c4ccccn4)CC3)n2)cc1. The number of aryl methyl sites for hydroxylation is 1.